The van der Waals surface area contributed by atoms with Gasteiger partial charge in [0.05, 0.1) is 15.6 Å². The van der Waals surface area contributed by atoms with E-state index < -0.39 is 0 Å². The summed E-state index contributed by atoms with van der Waals surface area (Å²) in [6.07, 6.45) is 5.74. The lowest BCUT2D eigenvalue weighted by Gasteiger charge is -2.48. The molecule has 1 aliphatic heterocycles. The first-order chi connectivity index (χ1) is 10.5. The van der Waals surface area contributed by atoms with Gasteiger partial charge in [-0.1, -0.05) is 29.3 Å². The number of nitrogens with one attached hydrogen (secondary N) is 1. The second-order valence-corrected chi connectivity index (χ2v) is 7.94. The molecule has 0 aromatic heterocycles. The Morgan fingerprint density at radius 1 is 1.14 bits per heavy atom. The molecule has 1 aliphatic carbocycles. The van der Waals surface area contributed by atoms with Crippen LogP contribution in [0.2, 0.25) is 10.0 Å². The van der Waals surface area contributed by atoms with Crippen LogP contribution in [0.4, 0.5) is 0 Å². The normalized spacial score (nSPS) is 35.7. The third-order valence-electron chi connectivity index (χ3n) is 6.03. The van der Waals surface area contributed by atoms with Crippen molar-refractivity contribution in [1.82, 2.24) is 5.32 Å². The molecule has 4 heteroatoms. The molecule has 0 unspecified atom stereocenters. The van der Waals surface area contributed by atoms with Crippen molar-refractivity contribution in [2.45, 2.75) is 50.0 Å². The third-order valence-corrected chi connectivity index (χ3v) is 6.77. The van der Waals surface area contributed by atoms with Crippen LogP contribution in [-0.2, 0) is 10.2 Å². The van der Waals surface area contributed by atoms with Crippen molar-refractivity contribution in [3.05, 3.63) is 33.8 Å². The Kier molecular flexibility index (Phi) is 4.76. The minimum atomic E-state index is 0.0196. The van der Waals surface area contributed by atoms with E-state index in [9.17, 15) is 0 Å². The van der Waals surface area contributed by atoms with Gasteiger partial charge in [0.15, 0.2) is 0 Å². The maximum Gasteiger partial charge on any atom is 0.0651 e. The lowest BCUT2D eigenvalue weighted by atomic mass is 9.59. The topological polar surface area (TPSA) is 21.3 Å². The van der Waals surface area contributed by atoms with Crippen molar-refractivity contribution in [2.75, 3.05) is 20.2 Å². The molecule has 1 saturated heterocycles. The molecule has 1 aromatic carbocycles. The maximum atomic E-state index is 6.31. The Morgan fingerprint density at radius 2 is 1.86 bits per heavy atom. The second kappa shape index (κ2) is 6.32. The molecule has 2 nitrogen and oxygen atoms in total. The first kappa shape index (κ1) is 16.6. The van der Waals surface area contributed by atoms with E-state index in [1.165, 1.54) is 12.0 Å². The van der Waals surface area contributed by atoms with Crippen LogP contribution < -0.4 is 5.32 Å². The summed E-state index contributed by atoms with van der Waals surface area (Å²) in [6.45, 7) is 4.46. The molecule has 22 heavy (non-hydrogen) atoms. The van der Waals surface area contributed by atoms with Gasteiger partial charge in [-0.25, -0.2) is 0 Å². The van der Waals surface area contributed by atoms with E-state index in [1.54, 1.807) is 0 Å². The molecule has 0 radical (unpaired) electrons. The summed E-state index contributed by atoms with van der Waals surface area (Å²) < 4.78 is 5.75. The van der Waals surface area contributed by atoms with Crippen LogP contribution >= 0.6 is 23.2 Å². The SMILES string of the molecule is CO[C@]1(C)CC[C@](c2ccc(Cl)c(Cl)c2)([C@@H]2CCNC2)CC1. The number of ether oxygens (including phenoxy) is 1. The Hall–Kier alpha value is -0.280. The molecule has 122 valence electrons. The summed E-state index contributed by atoms with van der Waals surface area (Å²) in [4.78, 5) is 0. The van der Waals surface area contributed by atoms with Crippen LogP contribution in [0.1, 0.15) is 44.6 Å². The lowest BCUT2D eigenvalue weighted by Crippen LogP contribution is -2.45. The van der Waals surface area contributed by atoms with Gasteiger partial charge in [0.1, 0.15) is 0 Å². The van der Waals surface area contributed by atoms with Crippen molar-refractivity contribution in [3.63, 3.8) is 0 Å². The van der Waals surface area contributed by atoms with Crippen LogP contribution in [0.15, 0.2) is 18.2 Å². The molecule has 1 atom stereocenters. The fourth-order valence-electron chi connectivity index (χ4n) is 4.29. The fourth-order valence-corrected chi connectivity index (χ4v) is 4.59. The smallest absolute Gasteiger partial charge is 0.0651 e. The van der Waals surface area contributed by atoms with Crippen LogP contribution in [-0.4, -0.2) is 25.8 Å². The fraction of sp³-hybridized carbons (Fsp3) is 0.667. The minimum absolute atomic E-state index is 0.0196. The summed E-state index contributed by atoms with van der Waals surface area (Å²) in [5.74, 6) is 0.672. The van der Waals surface area contributed by atoms with E-state index in [0.29, 0.717) is 16.0 Å². The average molecular weight is 342 g/mol. The summed E-state index contributed by atoms with van der Waals surface area (Å²) in [5.41, 5.74) is 1.58. The van der Waals surface area contributed by atoms with Gasteiger partial charge in [0.25, 0.3) is 0 Å². The molecular weight excluding hydrogens is 317 g/mol. The quantitative estimate of drug-likeness (QED) is 0.850. The first-order valence-corrected chi connectivity index (χ1v) is 8.96. The monoisotopic (exact) mass is 341 g/mol. The number of hydrogen-bond acceptors (Lipinski definition) is 2. The second-order valence-electron chi connectivity index (χ2n) is 7.13. The van der Waals surface area contributed by atoms with Crippen molar-refractivity contribution in [3.8, 4) is 0 Å². The lowest BCUT2D eigenvalue weighted by molar-refractivity contribution is -0.0466. The minimum Gasteiger partial charge on any atom is -0.379 e. The number of halogens is 2. The predicted octanol–water partition coefficient (Wildman–Crippen LogP) is 4.82. The third kappa shape index (κ3) is 2.91. The van der Waals surface area contributed by atoms with Gasteiger partial charge in [0, 0.05) is 7.11 Å². The largest absolute Gasteiger partial charge is 0.379 e. The zero-order valence-electron chi connectivity index (χ0n) is 13.4. The van der Waals surface area contributed by atoms with Gasteiger partial charge in [0.2, 0.25) is 0 Å². The Bertz CT molecular complexity index is 532. The predicted molar refractivity (Wildman–Crippen MR) is 93.0 cm³/mol. The molecule has 1 N–H and O–H groups in total. The van der Waals surface area contributed by atoms with Gasteiger partial charge in [-0.2, -0.15) is 0 Å². The van der Waals surface area contributed by atoms with Crippen LogP contribution in [0.25, 0.3) is 0 Å². The standard InChI is InChI=1S/C18H25Cl2NO/c1-17(22-2)6-8-18(9-7-17,14-5-10-21-12-14)13-3-4-15(19)16(20)11-13/h3-4,11,14,21H,5-10,12H2,1-2H3/t14-,17-,18+/m1/s1. The highest BCUT2D eigenvalue weighted by molar-refractivity contribution is 6.42. The number of hydrogen-bond donors (Lipinski definition) is 1. The van der Waals surface area contributed by atoms with Crippen molar-refractivity contribution in [2.24, 2.45) is 5.92 Å². The molecule has 2 fully saturated rings. The molecule has 0 amide bonds. The van der Waals surface area contributed by atoms with Gasteiger partial charge in [-0.05, 0) is 81.1 Å². The van der Waals surface area contributed by atoms with Crippen molar-refractivity contribution < 1.29 is 4.74 Å². The molecule has 0 bridgehead atoms. The molecule has 1 saturated carbocycles. The van der Waals surface area contributed by atoms with E-state index in [0.717, 1.165) is 38.8 Å². The number of benzene rings is 1. The highest BCUT2D eigenvalue weighted by Gasteiger charge is 2.47. The Balaban J connectivity index is 1.95. The van der Waals surface area contributed by atoms with Crippen LogP contribution in [0, 0.1) is 5.92 Å². The molecule has 1 aromatic rings. The molecule has 3 rings (SSSR count). The highest BCUT2D eigenvalue weighted by atomic mass is 35.5. The zero-order valence-corrected chi connectivity index (χ0v) is 14.9. The van der Waals surface area contributed by atoms with Gasteiger partial charge < -0.3 is 10.1 Å². The molecule has 1 heterocycles. The first-order valence-electron chi connectivity index (χ1n) is 8.20. The maximum absolute atomic E-state index is 6.31. The van der Waals surface area contributed by atoms with E-state index in [-0.39, 0.29) is 11.0 Å². The van der Waals surface area contributed by atoms with Crippen LogP contribution in [0.3, 0.4) is 0 Å². The average Bonchev–Trinajstić information content (AvgIpc) is 3.06. The van der Waals surface area contributed by atoms with Crippen molar-refractivity contribution >= 4 is 23.2 Å². The molecular formula is C18H25Cl2NO. The summed E-state index contributed by atoms with van der Waals surface area (Å²) in [6, 6.07) is 6.23. The van der Waals surface area contributed by atoms with Gasteiger partial charge in [-0.3, -0.25) is 0 Å². The van der Waals surface area contributed by atoms with Gasteiger partial charge >= 0.3 is 0 Å². The highest BCUT2D eigenvalue weighted by Crippen LogP contribution is 2.51. The summed E-state index contributed by atoms with van der Waals surface area (Å²) >= 11 is 12.4. The van der Waals surface area contributed by atoms with E-state index in [1.807, 2.05) is 13.2 Å². The Labute approximate surface area is 143 Å². The zero-order chi connectivity index (χ0) is 15.8. The van der Waals surface area contributed by atoms with Crippen molar-refractivity contribution in [1.29, 1.82) is 0 Å². The molecule has 0 spiro atoms. The van der Waals surface area contributed by atoms with E-state index in [4.69, 9.17) is 27.9 Å². The van der Waals surface area contributed by atoms with E-state index >= 15 is 0 Å². The Morgan fingerprint density at radius 3 is 2.41 bits per heavy atom. The summed E-state index contributed by atoms with van der Waals surface area (Å²) in [5, 5.41) is 4.85. The summed E-state index contributed by atoms with van der Waals surface area (Å²) in [7, 11) is 1.84. The number of methoxy groups -OCH3 is 1. The number of rotatable bonds is 3. The van der Waals surface area contributed by atoms with E-state index in [2.05, 4.69) is 24.4 Å². The van der Waals surface area contributed by atoms with Crippen LogP contribution in [0.5, 0.6) is 0 Å². The van der Waals surface area contributed by atoms with Gasteiger partial charge in [-0.15, -0.1) is 0 Å². The molecule has 2 aliphatic rings.